The van der Waals surface area contributed by atoms with Crippen LogP contribution in [0.4, 0.5) is 5.69 Å². The van der Waals surface area contributed by atoms with Crippen LogP contribution in [-0.4, -0.2) is 35.9 Å². The van der Waals surface area contributed by atoms with E-state index in [4.69, 9.17) is 4.74 Å². The molecule has 26 heavy (non-hydrogen) atoms. The largest absolute Gasteiger partial charge is 0.490 e. The number of carbonyl (C=O) groups is 2. The molecule has 5 nitrogen and oxygen atoms in total. The first-order valence-electron chi connectivity index (χ1n) is 10.1. The van der Waals surface area contributed by atoms with Gasteiger partial charge in [-0.25, -0.2) is 0 Å². The van der Waals surface area contributed by atoms with Crippen LogP contribution in [0.5, 0.6) is 5.75 Å². The molecule has 0 unspecified atom stereocenters. The molecule has 1 aromatic carbocycles. The number of benzene rings is 1. The maximum atomic E-state index is 12.5. The zero-order chi connectivity index (χ0) is 17.9. The number of hydrogen-bond donors (Lipinski definition) is 1. The fraction of sp³-hybridized carbons (Fsp3) is 0.619. The Bertz CT molecular complexity index is 640. The minimum Gasteiger partial charge on any atom is -0.490 e. The number of anilines is 1. The highest BCUT2D eigenvalue weighted by Crippen LogP contribution is 2.32. The summed E-state index contributed by atoms with van der Waals surface area (Å²) >= 11 is 0. The van der Waals surface area contributed by atoms with Crippen LogP contribution in [0.15, 0.2) is 24.3 Å². The predicted molar refractivity (Wildman–Crippen MR) is 100.0 cm³/mol. The summed E-state index contributed by atoms with van der Waals surface area (Å²) in [7, 11) is 0. The topological polar surface area (TPSA) is 58.6 Å². The van der Waals surface area contributed by atoms with Crippen molar-refractivity contribution in [3.8, 4) is 5.75 Å². The second kappa shape index (κ2) is 7.68. The number of carbonyl (C=O) groups excluding carboxylic acids is 2. The van der Waals surface area contributed by atoms with Gasteiger partial charge in [0, 0.05) is 30.6 Å². The quantitative estimate of drug-likeness (QED) is 0.877. The minimum atomic E-state index is -0.00679. The Morgan fingerprint density at radius 2 is 1.54 bits per heavy atom. The van der Waals surface area contributed by atoms with Crippen LogP contribution < -0.4 is 10.1 Å². The lowest BCUT2D eigenvalue weighted by molar-refractivity contribution is -0.135. The summed E-state index contributed by atoms with van der Waals surface area (Å²) in [6, 6.07) is 7.69. The Morgan fingerprint density at radius 3 is 2.15 bits per heavy atom. The van der Waals surface area contributed by atoms with Crippen LogP contribution in [0.25, 0.3) is 0 Å². The van der Waals surface area contributed by atoms with Gasteiger partial charge in [0.05, 0.1) is 6.10 Å². The second-order valence-electron chi connectivity index (χ2n) is 7.91. The normalized spacial score (nSPS) is 21.6. The lowest BCUT2D eigenvalue weighted by Gasteiger charge is -2.31. The van der Waals surface area contributed by atoms with E-state index in [1.165, 1.54) is 12.8 Å². The van der Waals surface area contributed by atoms with Crippen molar-refractivity contribution in [2.45, 2.75) is 57.5 Å². The number of hydrogen-bond acceptors (Lipinski definition) is 3. The third kappa shape index (κ3) is 4.19. The molecule has 0 spiro atoms. The highest BCUT2D eigenvalue weighted by molar-refractivity contribution is 5.92. The van der Waals surface area contributed by atoms with Crippen molar-refractivity contribution in [1.29, 1.82) is 0 Å². The first kappa shape index (κ1) is 17.4. The van der Waals surface area contributed by atoms with Crippen molar-refractivity contribution < 1.29 is 14.3 Å². The van der Waals surface area contributed by atoms with Gasteiger partial charge in [0.15, 0.2) is 0 Å². The molecule has 0 atom stereocenters. The van der Waals surface area contributed by atoms with Gasteiger partial charge in [-0.2, -0.15) is 0 Å². The van der Waals surface area contributed by atoms with Crippen molar-refractivity contribution >= 4 is 17.5 Å². The van der Waals surface area contributed by atoms with Crippen LogP contribution in [0.2, 0.25) is 0 Å². The van der Waals surface area contributed by atoms with Crippen LogP contribution in [0.1, 0.15) is 51.4 Å². The maximum Gasteiger partial charge on any atom is 0.227 e. The first-order valence-corrected chi connectivity index (χ1v) is 10.1. The second-order valence-corrected chi connectivity index (χ2v) is 7.91. The Balaban J connectivity index is 1.24. The average Bonchev–Trinajstić information content (AvgIpc) is 3.40. The molecular weight excluding hydrogens is 328 g/mol. The molecule has 5 heteroatoms. The Kier molecular flexibility index (Phi) is 5.14. The molecule has 4 rings (SSSR count). The third-order valence-corrected chi connectivity index (χ3v) is 5.83. The molecule has 2 saturated carbocycles. The van der Waals surface area contributed by atoms with Gasteiger partial charge in [-0.3, -0.25) is 9.59 Å². The number of rotatable bonds is 5. The number of piperidine rings is 1. The molecule has 1 heterocycles. The van der Waals surface area contributed by atoms with Crippen LogP contribution in [0.3, 0.4) is 0 Å². The van der Waals surface area contributed by atoms with E-state index in [9.17, 15) is 9.59 Å². The van der Waals surface area contributed by atoms with E-state index in [1.807, 2.05) is 29.2 Å². The van der Waals surface area contributed by atoms with E-state index in [0.717, 1.165) is 50.0 Å². The number of nitrogens with one attached hydrogen (secondary N) is 1. The van der Waals surface area contributed by atoms with Crippen molar-refractivity contribution in [2.24, 2.45) is 11.8 Å². The van der Waals surface area contributed by atoms with Crippen molar-refractivity contribution in [1.82, 2.24) is 4.90 Å². The SMILES string of the molecule is O=C(Nc1ccc(OC2CCCC2)cc1)C1CCN(C(=O)C2CC2)CC1. The van der Waals surface area contributed by atoms with Crippen molar-refractivity contribution in [2.75, 3.05) is 18.4 Å². The summed E-state index contributed by atoms with van der Waals surface area (Å²) < 4.78 is 5.96. The van der Waals surface area contributed by atoms with E-state index >= 15 is 0 Å². The third-order valence-electron chi connectivity index (χ3n) is 5.83. The summed E-state index contributed by atoms with van der Waals surface area (Å²) in [5, 5.41) is 3.01. The van der Waals surface area contributed by atoms with Gasteiger partial charge in [-0.05, 0) is 75.6 Å². The molecular formula is C21H28N2O3. The van der Waals surface area contributed by atoms with Gasteiger partial charge in [-0.1, -0.05) is 0 Å². The molecule has 0 bridgehead atoms. The Hall–Kier alpha value is -2.04. The van der Waals surface area contributed by atoms with E-state index in [2.05, 4.69) is 5.32 Å². The van der Waals surface area contributed by atoms with E-state index in [1.54, 1.807) is 0 Å². The lowest BCUT2D eigenvalue weighted by Crippen LogP contribution is -2.42. The van der Waals surface area contributed by atoms with Gasteiger partial charge in [0.2, 0.25) is 11.8 Å². The van der Waals surface area contributed by atoms with E-state index < -0.39 is 0 Å². The van der Waals surface area contributed by atoms with E-state index in [0.29, 0.717) is 25.1 Å². The van der Waals surface area contributed by atoms with Gasteiger partial charge < -0.3 is 15.0 Å². The molecule has 140 valence electrons. The van der Waals surface area contributed by atoms with E-state index in [-0.39, 0.29) is 17.7 Å². The molecule has 2 aliphatic carbocycles. The number of likely N-dealkylation sites (tertiary alicyclic amines) is 1. The number of ether oxygens (including phenoxy) is 1. The van der Waals surface area contributed by atoms with Crippen molar-refractivity contribution in [3.63, 3.8) is 0 Å². The van der Waals surface area contributed by atoms with Crippen LogP contribution >= 0.6 is 0 Å². The fourth-order valence-electron chi connectivity index (χ4n) is 4.01. The summed E-state index contributed by atoms with van der Waals surface area (Å²) in [5.41, 5.74) is 0.810. The zero-order valence-electron chi connectivity index (χ0n) is 15.3. The molecule has 3 fully saturated rings. The van der Waals surface area contributed by atoms with Crippen molar-refractivity contribution in [3.05, 3.63) is 24.3 Å². The zero-order valence-corrected chi connectivity index (χ0v) is 15.3. The molecule has 0 radical (unpaired) electrons. The van der Waals surface area contributed by atoms with Gasteiger partial charge >= 0.3 is 0 Å². The summed E-state index contributed by atoms with van der Waals surface area (Å²) in [4.78, 5) is 26.5. The van der Waals surface area contributed by atoms with Crippen LogP contribution in [-0.2, 0) is 9.59 Å². The first-order chi connectivity index (χ1) is 12.7. The summed E-state index contributed by atoms with van der Waals surface area (Å²) in [6.45, 7) is 1.42. The lowest BCUT2D eigenvalue weighted by atomic mass is 9.95. The molecule has 1 saturated heterocycles. The summed E-state index contributed by atoms with van der Waals surface area (Å²) in [6.07, 6.45) is 8.73. The molecule has 2 amide bonds. The fourth-order valence-corrected chi connectivity index (χ4v) is 4.01. The minimum absolute atomic E-state index is 0.00679. The standard InChI is InChI=1S/C21H28N2O3/c24-20(15-11-13-23(14-12-15)21(25)16-5-6-16)22-17-7-9-19(10-8-17)26-18-3-1-2-4-18/h7-10,15-16,18H,1-6,11-14H2,(H,22,24). The van der Waals surface area contributed by atoms with Gasteiger partial charge in [-0.15, -0.1) is 0 Å². The highest BCUT2D eigenvalue weighted by Gasteiger charge is 2.35. The number of nitrogens with zero attached hydrogens (tertiary/aromatic N) is 1. The van der Waals surface area contributed by atoms with Crippen LogP contribution in [0, 0.1) is 11.8 Å². The molecule has 1 N–H and O–H groups in total. The molecule has 3 aliphatic rings. The monoisotopic (exact) mass is 356 g/mol. The molecule has 1 aromatic rings. The molecule has 1 aliphatic heterocycles. The summed E-state index contributed by atoms with van der Waals surface area (Å²) in [5.74, 6) is 1.49. The van der Waals surface area contributed by atoms with Gasteiger partial charge in [0.1, 0.15) is 5.75 Å². The average molecular weight is 356 g/mol. The smallest absolute Gasteiger partial charge is 0.227 e. The Labute approximate surface area is 155 Å². The number of amides is 2. The predicted octanol–water partition coefficient (Wildman–Crippen LogP) is 3.60. The molecule has 0 aromatic heterocycles. The maximum absolute atomic E-state index is 12.5. The highest BCUT2D eigenvalue weighted by atomic mass is 16.5. The Morgan fingerprint density at radius 1 is 0.885 bits per heavy atom. The van der Waals surface area contributed by atoms with Gasteiger partial charge in [0.25, 0.3) is 0 Å².